The van der Waals surface area contributed by atoms with E-state index in [9.17, 15) is 9.35 Å². The van der Waals surface area contributed by atoms with Gasteiger partial charge < -0.3 is 15.2 Å². The molecule has 4 rings (SSSR count). The van der Waals surface area contributed by atoms with Gasteiger partial charge in [0.2, 0.25) is 11.9 Å². The molecule has 1 aliphatic rings. The van der Waals surface area contributed by atoms with Crippen LogP contribution in [0.5, 0.6) is 0 Å². The molecule has 1 unspecified atom stereocenters. The number of nitrogens with two attached hydrogens (primary N) is 1. The molecule has 11 heteroatoms. The molecule has 9 nitrogen and oxygen atoms in total. The molecular formula is C24H30BrN7O2S. The van der Waals surface area contributed by atoms with Crippen molar-refractivity contribution in [3.8, 4) is 0 Å². The molecule has 35 heavy (non-hydrogen) atoms. The first kappa shape index (κ1) is 25.5. The highest BCUT2D eigenvalue weighted by atomic mass is 79.9. The molecule has 0 bridgehead atoms. The highest BCUT2D eigenvalue weighted by Gasteiger charge is 2.26. The number of carbonyl (C=O) groups excluding carboxylic acids is 1. The van der Waals surface area contributed by atoms with Gasteiger partial charge in [0, 0.05) is 49.7 Å². The van der Waals surface area contributed by atoms with E-state index in [1.54, 1.807) is 6.07 Å². The predicted molar refractivity (Wildman–Crippen MR) is 141 cm³/mol. The van der Waals surface area contributed by atoms with Crippen LogP contribution in [0.2, 0.25) is 0 Å². The first-order chi connectivity index (χ1) is 16.9. The summed E-state index contributed by atoms with van der Waals surface area (Å²) >= 11 is 1.95. The second-order valence-corrected chi connectivity index (χ2v) is 10.8. The van der Waals surface area contributed by atoms with Crippen molar-refractivity contribution in [2.24, 2.45) is 0 Å². The lowest BCUT2D eigenvalue weighted by Gasteiger charge is -2.38. The predicted octanol–water partition coefficient (Wildman–Crippen LogP) is 3.02. The summed E-state index contributed by atoms with van der Waals surface area (Å²) in [5, 5.41) is 6.85. The Bertz CT molecular complexity index is 1120. The van der Waals surface area contributed by atoms with Crippen LogP contribution in [0.15, 0.2) is 57.9 Å². The van der Waals surface area contributed by atoms with Crippen LogP contribution in [0.4, 0.5) is 11.9 Å². The SMILES string of the molecule is CC(=O)N[S+]([O-])c1cccc(CN(CCc2ccc(Br)cc2)C2CCN(c3nc(N)n[nH]3)CC2)c1. The fourth-order valence-corrected chi connectivity index (χ4v) is 5.45. The van der Waals surface area contributed by atoms with Gasteiger partial charge in [-0.05, 0) is 48.6 Å². The summed E-state index contributed by atoms with van der Waals surface area (Å²) < 4.78 is 16.0. The van der Waals surface area contributed by atoms with Crippen molar-refractivity contribution in [1.29, 1.82) is 0 Å². The Morgan fingerprint density at radius 1 is 1.26 bits per heavy atom. The Labute approximate surface area is 216 Å². The van der Waals surface area contributed by atoms with Gasteiger partial charge in [0.05, 0.1) is 0 Å². The van der Waals surface area contributed by atoms with Gasteiger partial charge in [0.25, 0.3) is 5.91 Å². The standard InChI is InChI=1S/C24H30BrN7O2S/c1-17(33)30-35(34)22-4-2-3-19(15-22)16-32(12-9-18-5-7-20(25)8-6-18)21-10-13-31(14-11-21)24-27-23(26)28-29-24/h2-8,15,21H,9-14,16H2,1H3,(H,30,33)(H3,26,27,28,29). The van der Waals surface area contributed by atoms with Gasteiger partial charge in [-0.1, -0.05) is 40.2 Å². The van der Waals surface area contributed by atoms with Gasteiger partial charge in [-0.15, -0.1) is 5.10 Å². The lowest BCUT2D eigenvalue weighted by atomic mass is 10.0. The molecular weight excluding hydrogens is 530 g/mol. The summed E-state index contributed by atoms with van der Waals surface area (Å²) in [5.41, 5.74) is 8.03. The topological polar surface area (TPSA) is 126 Å². The largest absolute Gasteiger partial charge is 0.588 e. The fourth-order valence-electron chi connectivity index (χ4n) is 4.35. The third-order valence-electron chi connectivity index (χ3n) is 6.11. The molecule has 1 fully saturated rings. The number of carbonyl (C=O) groups is 1. The van der Waals surface area contributed by atoms with Crippen LogP contribution in [-0.4, -0.2) is 56.2 Å². The van der Waals surface area contributed by atoms with E-state index in [0.717, 1.165) is 61.4 Å². The lowest BCUT2D eigenvalue weighted by molar-refractivity contribution is -0.117. The average molecular weight is 561 g/mol. The number of nitrogens with zero attached hydrogens (tertiary/aromatic N) is 4. The summed E-state index contributed by atoms with van der Waals surface area (Å²) in [7, 11) is 0. The van der Waals surface area contributed by atoms with E-state index in [-0.39, 0.29) is 11.9 Å². The highest BCUT2D eigenvalue weighted by molar-refractivity contribution is 9.10. The maximum absolute atomic E-state index is 12.4. The number of benzene rings is 2. The minimum atomic E-state index is -1.56. The molecule has 4 N–H and O–H groups in total. The number of nitrogen functional groups attached to an aromatic ring is 1. The number of piperidine rings is 1. The van der Waals surface area contributed by atoms with Gasteiger partial charge >= 0.3 is 0 Å². The Hall–Kier alpha value is -2.60. The molecule has 0 spiro atoms. The van der Waals surface area contributed by atoms with Crippen LogP contribution in [0.3, 0.4) is 0 Å². The van der Waals surface area contributed by atoms with Crippen molar-refractivity contribution >= 4 is 45.1 Å². The molecule has 186 valence electrons. The molecule has 3 aromatic rings. The minimum Gasteiger partial charge on any atom is -0.588 e. The molecule has 1 aliphatic heterocycles. The number of aromatic nitrogens is 3. The number of aromatic amines is 1. The Morgan fingerprint density at radius 2 is 2.00 bits per heavy atom. The number of rotatable bonds is 9. The third kappa shape index (κ3) is 7.20. The smallest absolute Gasteiger partial charge is 0.258 e. The monoisotopic (exact) mass is 559 g/mol. The molecule has 2 aromatic carbocycles. The van der Waals surface area contributed by atoms with Crippen LogP contribution < -0.4 is 15.4 Å². The summed E-state index contributed by atoms with van der Waals surface area (Å²) in [6, 6.07) is 16.5. The quantitative estimate of drug-likeness (QED) is 0.344. The van der Waals surface area contributed by atoms with Gasteiger partial charge in [-0.25, -0.2) is 5.10 Å². The lowest BCUT2D eigenvalue weighted by Crippen LogP contribution is -2.45. The van der Waals surface area contributed by atoms with Crippen LogP contribution >= 0.6 is 15.9 Å². The van der Waals surface area contributed by atoms with Crippen LogP contribution in [0, 0.1) is 0 Å². The summed E-state index contributed by atoms with van der Waals surface area (Å²) in [6.07, 6.45) is 2.90. The van der Waals surface area contributed by atoms with Crippen LogP contribution in [0.25, 0.3) is 0 Å². The minimum absolute atomic E-state index is 0.259. The zero-order chi connectivity index (χ0) is 24.8. The number of nitrogens with one attached hydrogen (secondary N) is 2. The number of anilines is 2. The van der Waals surface area contributed by atoms with Gasteiger partial charge in [-0.3, -0.25) is 9.69 Å². The van der Waals surface area contributed by atoms with Crippen molar-refractivity contribution < 1.29 is 9.35 Å². The molecule has 0 aliphatic carbocycles. The molecule has 1 aromatic heterocycles. The van der Waals surface area contributed by atoms with E-state index in [1.807, 2.05) is 18.2 Å². The van der Waals surface area contributed by atoms with Crippen molar-refractivity contribution in [2.75, 3.05) is 30.3 Å². The van der Waals surface area contributed by atoms with Crippen LogP contribution in [-0.2, 0) is 29.1 Å². The van der Waals surface area contributed by atoms with Gasteiger partial charge in [0.1, 0.15) is 11.4 Å². The van der Waals surface area contributed by atoms with E-state index < -0.39 is 11.4 Å². The van der Waals surface area contributed by atoms with Crippen molar-refractivity contribution in [2.45, 2.75) is 43.7 Å². The summed E-state index contributed by atoms with van der Waals surface area (Å²) in [5.74, 6) is 0.662. The Morgan fingerprint density at radius 3 is 2.66 bits per heavy atom. The summed E-state index contributed by atoms with van der Waals surface area (Å²) in [4.78, 5) is 20.9. The van der Waals surface area contributed by atoms with E-state index in [2.05, 4.69) is 69.9 Å². The number of halogens is 1. The van der Waals surface area contributed by atoms with Gasteiger partial charge in [0.15, 0.2) is 4.90 Å². The molecule has 0 radical (unpaired) electrons. The Balaban J connectivity index is 1.46. The highest BCUT2D eigenvalue weighted by Crippen LogP contribution is 2.23. The first-order valence-corrected chi connectivity index (χ1v) is 13.5. The molecule has 1 saturated heterocycles. The second kappa shape index (κ2) is 11.9. The zero-order valence-corrected chi connectivity index (χ0v) is 22.0. The van der Waals surface area contributed by atoms with E-state index in [0.29, 0.717) is 10.9 Å². The first-order valence-electron chi connectivity index (χ1n) is 11.6. The second-order valence-electron chi connectivity index (χ2n) is 8.66. The van der Waals surface area contributed by atoms with Crippen LogP contribution in [0.1, 0.15) is 30.9 Å². The van der Waals surface area contributed by atoms with Crippen molar-refractivity contribution in [3.05, 3.63) is 64.1 Å². The maximum atomic E-state index is 12.4. The number of H-pyrrole nitrogens is 1. The normalized spacial score (nSPS) is 15.4. The molecule has 1 atom stereocenters. The van der Waals surface area contributed by atoms with Gasteiger partial charge in [-0.2, -0.15) is 9.71 Å². The van der Waals surface area contributed by atoms with Crippen molar-refractivity contribution in [1.82, 2.24) is 24.8 Å². The molecule has 0 saturated carbocycles. The zero-order valence-electron chi connectivity index (χ0n) is 19.6. The fraction of sp³-hybridized carbons (Fsp3) is 0.375. The Kier molecular flexibility index (Phi) is 8.66. The number of hydrogen-bond acceptors (Lipinski definition) is 7. The number of hydrogen-bond donors (Lipinski definition) is 3. The van der Waals surface area contributed by atoms with Crippen molar-refractivity contribution in [3.63, 3.8) is 0 Å². The number of amides is 1. The molecule has 1 amide bonds. The third-order valence-corrected chi connectivity index (χ3v) is 7.79. The van der Waals surface area contributed by atoms with E-state index in [1.165, 1.54) is 12.5 Å². The molecule has 2 heterocycles. The average Bonchev–Trinajstić information content (AvgIpc) is 3.29. The van der Waals surface area contributed by atoms with E-state index >= 15 is 0 Å². The summed E-state index contributed by atoms with van der Waals surface area (Å²) in [6.45, 7) is 4.73. The van der Waals surface area contributed by atoms with E-state index in [4.69, 9.17) is 5.73 Å². The maximum Gasteiger partial charge on any atom is 0.258 e.